The summed E-state index contributed by atoms with van der Waals surface area (Å²) in [5.74, 6) is 0.808. The largest absolute Gasteiger partial charge is 0.388 e. The first-order valence-electron chi connectivity index (χ1n) is 11.3. The monoisotopic (exact) mass is 460 g/mol. The molecule has 0 aromatic heterocycles. The number of ether oxygens (including phenoxy) is 4. The number of fused-ring (bicyclic) bond motifs is 2. The highest BCUT2D eigenvalue weighted by molar-refractivity contribution is 5.23. The SMILES string of the molecule is C=C1C2CC(C[C@H]1O[C@@H]1O[C@H](CO[C@@H]3O[C@@H](C)[C@H](O)[C@@H](O)[C@H]3O)[C@@H](O)[C@H](O)[C@H]1O)C2(C)C. The summed E-state index contributed by atoms with van der Waals surface area (Å²) < 4.78 is 22.6. The number of aliphatic hydroxyl groups is 6. The van der Waals surface area contributed by atoms with Crippen LogP contribution in [0.1, 0.15) is 33.6 Å². The zero-order valence-electron chi connectivity index (χ0n) is 18.7. The van der Waals surface area contributed by atoms with E-state index in [0.29, 0.717) is 11.8 Å². The molecular formula is C22H36O10. The van der Waals surface area contributed by atoms with Crippen molar-refractivity contribution < 1.29 is 49.6 Å². The van der Waals surface area contributed by atoms with Crippen LogP contribution >= 0.6 is 0 Å². The van der Waals surface area contributed by atoms with Crippen LogP contribution in [0.15, 0.2) is 12.2 Å². The first-order chi connectivity index (χ1) is 14.9. The minimum atomic E-state index is -1.53. The van der Waals surface area contributed by atoms with E-state index in [1.54, 1.807) is 0 Å². The molecule has 2 saturated heterocycles. The van der Waals surface area contributed by atoms with Gasteiger partial charge in [-0.3, -0.25) is 0 Å². The van der Waals surface area contributed by atoms with Gasteiger partial charge in [0.25, 0.3) is 0 Å². The summed E-state index contributed by atoms with van der Waals surface area (Å²) in [6, 6.07) is 0. The maximum absolute atomic E-state index is 10.4. The molecule has 2 unspecified atom stereocenters. The van der Waals surface area contributed by atoms with Crippen molar-refractivity contribution in [3.05, 3.63) is 12.2 Å². The lowest BCUT2D eigenvalue weighted by atomic mass is 9.47. The van der Waals surface area contributed by atoms with Crippen LogP contribution in [0.3, 0.4) is 0 Å². The van der Waals surface area contributed by atoms with E-state index in [9.17, 15) is 30.6 Å². The maximum atomic E-state index is 10.4. The van der Waals surface area contributed by atoms with E-state index in [1.807, 2.05) is 0 Å². The van der Waals surface area contributed by atoms with E-state index in [0.717, 1.165) is 18.4 Å². The molecule has 13 atom stereocenters. The van der Waals surface area contributed by atoms with Crippen LogP contribution in [-0.2, 0) is 18.9 Å². The Morgan fingerprint density at radius 1 is 0.875 bits per heavy atom. The third-order valence-corrected chi connectivity index (χ3v) is 8.03. The second-order valence-electron chi connectivity index (χ2n) is 10.3. The van der Waals surface area contributed by atoms with Crippen LogP contribution in [0.25, 0.3) is 0 Å². The highest BCUT2D eigenvalue weighted by Crippen LogP contribution is 2.61. The van der Waals surface area contributed by atoms with Gasteiger partial charge in [0, 0.05) is 0 Å². The van der Waals surface area contributed by atoms with E-state index in [1.165, 1.54) is 6.92 Å². The lowest BCUT2D eigenvalue weighted by molar-refractivity contribution is -0.334. The van der Waals surface area contributed by atoms with Crippen LogP contribution < -0.4 is 0 Å². The number of hydrogen-bond acceptors (Lipinski definition) is 10. The van der Waals surface area contributed by atoms with Gasteiger partial charge in [0.05, 0.1) is 18.8 Å². The second kappa shape index (κ2) is 8.84. The van der Waals surface area contributed by atoms with Gasteiger partial charge in [0.15, 0.2) is 12.6 Å². The molecule has 5 rings (SSSR count). The van der Waals surface area contributed by atoms with Gasteiger partial charge in [-0.2, -0.15) is 0 Å². The number of aliphatic hydroxyl groups excluding tert-OH is 6. The van der Waals surface area contributed by atoms with Crippen molar-refractivity contribution in [2.24, 2.45) is 17.3 Å². The van der Waals surface area contributed by atoms with E-state index in [-0.39, 0.29) is 18.1 Å². The first-order valence-corrected chi connectivity index (χ1v) is 11.3. The predicted octanol–water partition coefficient (Wildman–Crippen LogP) is -1.35. The predicted molar refractivity (Wildman–Crippen MR) is 109 cm³/mol. The van der Waals surface area contributed by atoms with Gasteiger partial charge in [0.1, 0.15) is 42.7 Å². The second-order valence-corrected chi connectivity index (χ2v) is 10.3. The zero-order valence-corrected chi connectivity index (χ0v) is 18.7. The molecule has 5 fully saturated rings. The lowest BCUT2D eigenvalue weighted by Crippen LogP contribution is -2.62. The van der Waals surface area contributed by atoms with Crippen LogP contribution in [0, 0.1) is 17.3 Å². The van der Waals surface area contributed by atoms with E-state index in [4.69, 9.17) is 18.9 Å². The number of hydrogen-bond donors (Lipinski definition) is 6. The van der Waals surface area contributed by atoms with Crippen LogP contribution in [0.2, 0.25) is 0 Å². The molecule has 0 radical (unpaired) electrons. The average Bonchev–Trinajstić information content (AvgIpc) is 2.75. The molecule has 2 bridgehead atoms. The van der Waals surface area contributed by atoms with Crippen molar-refractivity contribution in [1.82, 2.24) is 0 Å². The van der Waals surface area contributed by atoms with Crippen molar-refractivity contribution >= 4 is 0 Å². The van der Waals surface area contributed by atoms with Gasteiger partial charge < -0.3 is 49.6 Å². The van der Waals surface area contributed by atoms with Crippen molar-refractivity contribution in [1.29, 1.82) is 0 Å². The molecular weight excluding hydrogens is 424 g/mol. The standard InChI is InChI=1S/C22H36O10/c1-8-11-5-10(22(11,3)4)6-12(8)31-21-19(28)17(26)15(24)13(32-21)7-29-20-18(27)16(25)14(23)9(2)30-20/h9-21,23-28H,1,5-7H2,2-4H3/t9-,10?,11?,12+,13+,14-,15+,16+,17-,18+,19+,20+,21+/m0/s1. The van der Waals surface area contributed by atoms with Gasteiger partial charge >= 0.3 is 0 Å². The van der Waals surface area contributed by atoms with Crippen LogP contribution in [-0.4, -0.2) is 105 Å². The van der Waals surface area contributed by atoms with Crippen LogP contribution in [0.4, 0.5) is 0 Å². The summed E-state index contributed by atoms with van der Waals surface area (Å²) >= 11 is 0. The average molecular weight is 461 g/mol. The fraction of sp³-hybridized carbons (Fsp3) is 0.909. The molecule has 0 aromatic rings. The Hall–Kier alpha value is -0.660. The highest BCUT2D eigenvalue weighted by atomic mass is 16.7. The molecule has 2 aliphatic heterocycles. The summed E-state index contributed by atoms with van der Waals surface area (Å²) in [6.45, 7) is 9.83. The molecule has 0 aromatic carbocycles. The zero-order chi connectivity index (χ0) is 23.5. The molecule has 2 heterocycles. The Kier molecular flexibility index (Phi) is 6.76. The Balaban J connectivity index is 1.37. The molecule has 6 N–H and O–H groups in total. The summed E-state index contributed by atoms with van der Waals surface area (Å²) in [5.41, 5.74) is 1.12. The van der Waals surface area contributed by atoms with Gasteiger partial charge in [0.2, 0.25) is 0 Å². The molecule has 32 heavy (non-hydrogen) atoms. The molecule has 0 spiro atoms. The van der Waals surface area contributed by atoms with Gasteiger partial charge in [-0.1, -0.05) is 20.4 Å². The summed E-state index contributed by atoms with van der Waals surface area (Å²) in [5, 5.41) is 60.9. The van der Waals surface area contributed by atoms with Gasteiger partial charge in [-0.25, -0.2) is 0 Å². The smallest absolute Gasteiger partial charge is 0.187 e. The Labute approximate surface area is 187 Å². The fourth-order valence-corrected chi connectivity index (χ4v) is 5.49. The topological polar surface area (TPSA) is 158 Å². The minimum absolute atomic E-state index is 0.172. The van der Waals surface area contributed by atoms with Gasteiger partial charge in [-0.15, -0.1) is 0 Å². The van der Waals surface area contributed by atoms with Gasteiger partial charge in [-0.05, 0) is 42.6 Å². The molecule has 3 saturated carbocycles. The highest BCUT2D eigenvalue weighted by Gasteiger charge is 2.56. The third-order valence-electron chi connectivity index (χ3n) is 8.03. The molecule has 0 amide bonds. The first kappa shape index (κ1) is 24.5. The Morgan fingerprint density at radius 3 is 2.12 bits per heavy atom. The van der Waals surface area contributed by atoms with Crippen LogP contribution in [0.5, 0.6) is 0 Å². The molecule has 10 heteroatoms. The Bertz CT molecular complexity index is 700. The van der Waals surface area contributed by atoms with Crippen molar-refractivity contribution in [2.45, 2.75) is 101 Å². The summed E-state index contributed by atoms with van der Waals surface area (Å²) in [4.78, 5) is 0. The van der Waals surface area contributed by atoms with E-state index in [2.05, 4.69) is 20.4 Å². The van der Waals surface area contributed by atoms with Crippen molar-refractivity contribution in [3.63, 3.8) is 0 Å². The van der Waals surface area contributed by atoms with E-state index >= 15 is 0 Å². The quantitative estimate of drug-likeness (QED) is 0.271. The molecule has 10 nitrogen and oxygen atoms in total. The molecule has 3 aliphatic carbocycles. The number of rotatable bonds is 5. The lowest BCUT2D eigenvalue weighted by Gasteiger charge is -2.60. The Morgan fingerprint density at radius 2 is 1.50 bits per heavy atom. The van der Waals surface area contributed by atoms with Crippen molar-refractivity contribution in [2.75, 3.05) is 6.61 Å². The van der Waals surface area contributed by atoms with E-state index < -0.39 is 61.4 Å². The van der Waals surface area contributed by atoms with Crippen molar-refractivity contribution in [3.8, 4) is 0 Å². The summed E-state index contributed by atoms with van der Waals surface area (Å²) in [6.07, 6.45) is -11.6. The molecule has 184 valence electrons. The summed E-state index contributed by atoms with van der Waals surface area (Å²) in [7, 11) is 0. The maximum Gasteiger partial charge on any atom is 0.187 e. The molecule has 5 aliphatic rings. The third kappa shape index (κ3) is 4.04. The minimum Gasteiger partial charge on any atom is -0.388 e. The normalized spacial score (nSPS) is 53.0. The fourth-order valence-electron chi connectivity index (χ4n) is 5.49.